The van der Waals surface area contributed by atoms with E-state index in [-0.39, 0.29) is 0 Å². The molecule has 2 heterocycles. The Kier molecular flexibility index (Phi) is 4.08. The summed E-state index contributed by atoms with van der Waals surface area (Å²) >= 11 is 3.62. The molecule has 2 aliphatic rings. The van der Waals surface area contributed by atoms with E-state index in [1.54, 1.807) is 0 Å². The van der Waals surface area contributed by atoms with Gasteiger partial charge >= 0.3 is 0 Å². The largest absolute Gasteiger partial charge is 0.486 e. The number of nitrogens with zero attached hydrogens (tertiary/aromatic N) is 1. The van der Waals surface area contributed by atoms with Crippen LogP contribution in [-0.4, -0.2) is 43.8 Å². The van der Waals surface area contributed by atoms with Gasteiger partial charge in [0.25, 0.3) is 0 Å². The van der Waals surface area contributed by atoms with Crippen molar-refractivity contribution < 1.29 is 9.47 Å². The van der Waals surface area contributed by atoms with Crippen LogP contribution in [-0.2, 0) is 0 Å². The number of hydrogen-bond donors (Lipinski definition) is 1. The molecule has 0 radical (unpaired) electrons. The Morgan fingerprint density at radius 2 is 1.95 bits per heavy atom. The van der Waals surface area contributed by atoms with Gasteiger partial charge in [-0.3, -0.25) is 0 Å². The Labute approximate surface area is 128 Å². The molecule has 2 atom stereocenters. The molecule has 110 valence electrons. The molecule has 1 saturated heterocycles. The number of hydrogen-bond acceptors (Lipinski definition) is 4. The summed E-state index contributed by atoms with van der Waals surface area (Å²) in [5, 5.41) is 3.64. The Hall–Kier alpha value is -0.940. The van der Waals surface area contributed by atoms with Gasteiger partial charge in [-0.15, -0.1) is 0 Å². The molecule has 0 aromatic heterocycles. The van der Waals surface area contributed by atoms with Crippen LogP contribution in [0.2, 0.25) is 0 Å². The minimum absolute atomic E-state index is 0.514. The Balaban J connectivity index is 1.74. The standard InChI is InChI=1S/C15H21BrN2O2/c1-10-7-11(3-4-18(10)2)17-13-9-15-14(8-12(13)16)19-5-6-20-15/h8-11,17H,3-7H2,1-2H3. The Bertz CT molecular complexity index is 495. The molecule has 20 heavy (non-hydrogen) atoms. The second-order valence-corrected chi connectivity index (χ2v) is 6.53. The molecule has 1 fully saturated rings. The van der Waals surface area contributed by atoms with Gasteiger partial charge in [0.05, 0.1) is 5.69 Å². The highest BCUT2D eigenvalue weighted by Gasteiger charge is 2.24. The van der Waals surface area contributed by atoms with E-state index >= 15 is 0 Å². The van der Waals surface area contributed by atoms with Gasteiger partial charge in [0.2, 0.25) is 0 Å². The van der Waals surface area contributed by atoms with Gasteiger partial charge in [0.1, 0.15) is 13.2 Å². The SMILES string of the molecule is CC1CC(Nc2cc3c(cc2Br)OCCO3)CCN1C. The molecular weight excluding hydrogens is 320 g/mol. The number of benzene rings is 1. The summed E-state index contributed by atoms with van der Waals surface area (Å²) in [6, 6.07) is 5.17. The van der Waals surface area contributed by atoms with Crippen molar-refractivity contribution in [2.75, 3.05) is 32.1 Å². The number of piperidine rings is 1. The summed E-state index contributed by atoms with van der Waals surface area (Å²) in [4.78, 5) is 2.41. The van der Waals surface area contributed by atoms with Crippen LogP contribution in [0.1, 0.15) is 19.8 Å². The van der Waals surface area contributed by atoms with Crippen LogP contribution in [0.4, 0.5) is 5.69 Å². The monoisotopic (exact) mass is 340 g/mol. The number of halogens is 1. The first-order valence-corrected chi connectivity index (χ1v) is 7.98. The van der Waals surface area contributed by atoms with Crippen LogP contribution < -0.4 is 14.8 Å². The predicted octanol–water partition coefficient (Wildman–Crippen LogP) is 3.11. The van der Waals surface area contributed by atoms with Crippen molar-refractivity contribution in [2.24, 2.45) is 0 Å². The summed E-state index contributed by atoms with van der Waals surface area (Å²) in [7, 11) is 2.20. The fraction of sp³-hybridized carbons (Fsp3) is 0.600. The van der Waals surface area contributed by atoms with Crippen LogP contribution in [0.5, 0.6) is 11.5 Å². The number of fused-ring (bicyclic) bond motifs is 1. The van der Waals surface area contributed by atoms with Crippen molar-refractivity contribution >= 4 is 21.6 Å². The number of anilines is 1. The first-order valence-electron chi connectivity index (χ1n) is 7.19. The highest BCUT2D eigenvalue weighted by Crippen LogP contribution is 2.38. The van der Waals surface area contributed by atoms with E-state index in [1.165, 1.54) is 6.42 Å². The number of rotatable bonds is 2. The van der Waals surface area contributed by atoms with Gasteiger partial charge in [-0.05, 0) is 42.7 Å². The van der Waals surface area contributed by atoms with Crippen LogP contribution in [0.25, 0.3) is 0 Å². The molecule has 5 heteroatoms. The quantitative estimate of drug-likeness (QED) is 0.896. The fourth-order valence-electron chi connectivity index (χ4n) is 2.82. The summed E-state index contributed by atoms with van der Waals surface area (Å²) in [5.41, 5.74) is 1.09. The van der Waals surface area contributed by atoms with Gasteiger partial charge in [-0.25, -0.2) is 0 Å². The van der Waals surface area contributed by atoms with Crippen molar-refractivity contribution in [1.82, 2.24) is 4.90 Å². The first-order chi connectivity index (χ1) is 9.63. The van der Waals surface area contributed by atoms with E-state index in [0.29, 0.717) is 25.3 Å². The second-order valence-electron chi connectivity index (χ2n) is 5.67. The van der Waals surface area contributed by atoms with E-state index in [2.05, 4.69) is 40.1 Å². The first kappa shape index (κ1) is 14.0. The topological polar surface area (TPSA) is 33.7 Å². The molecule has 0 aliphatic carbocycles. The molecule has 2 aliphatic heterocycles. The van der Waals surface area contributed by atoms with E-state index < -0.39 is 0 Å². The molecule has 1 aromatic carbocycles. The molecule has 0 spiro atoms. The van der Waals surface area contributed by atoms with Gasteiger partial charge in [0.15, 0.2) is 11.5 Å². The Morgan fingerprint density at radius 3 is 2.65 bits per heavy atom. The van der Waals surface area contributed by atoms with Crippen LogP contribution >= 0.6 is 15.9 Å². The highest BCUT2D eigenvalue weighted by molar-refractivity contribution is 9.10. The van der Waals surface area contributed by atoms with Crippen molar-refractivity contribution in [2.45, 2.75) is 31.8 Å². The highest BCUT2D eigenvalue weighted by atomic mass is 79.9. The predicted molar refractivity (Wildman–Crippen MR) is 83.9 cm³/mol. The molecular formula is C15H21BrN2O2. The zero-order valence-electron chi connectivity index (χ0n) is 12.0. The number of ether oxygens (including phenoxy) is 2. The lowest BCUT2D eigenvalue weighted by atomic mass is 9.98. The molecule has 1 aromatic rings. The second kappa shape index (κ2) is 5.82. The lowest BCUT2D eigenvalue weighted by Crippen LogP contribution is -2.42. The minimum atomic E-state index is 0.514. The smallest absolute Gasteiger partial charge is 0.163 e. The average Bonchev–Trinajstić information content (AvgIpc) is 2.44. The summed E-state index contributed by atoms with van der Waals surface area (Å²) in [6.07, 6.45) is 2.33. The van der Waals surface area contributed by atoms with Crippen molar-refractivity contribution in [3.8, 4) is 11.5 Å². The maximum atomic E-state index is 5.65. The molecule has 0 bridgehead atoms. The van der Waals surface area contributed by atoms with Gasteiger partial charge in [0, 0.05) is 35.2 Å². The van der Waals surface area contributed by atoms with Crippen LogP contribution in [0.3, 0.4) is 0 Å². The van der Waals surface area contributed by atoms with E-state index in [9.17, 15) is 0 Å². The van der Waals surface area contributed by atoms with Gasteiger partial charge < -0.3 is 19.7 Å². The zero-order valence-corrected chi connectivity index (χ0v) is 13.6. The maximum absolute atomic E-state index is 5.65. The lowest BCUT2D eigenvalue weighted by molar-refractivity contribution is 0.171. The van der Waals surface area contributed by atoms with Crippen LogP contribution in [0, 0.1) is 0 Å². The molecule has 0 amide bonds. The van der Waals surface area contributed by atoms with Gasteiger partial charge in [-0.1, -0.05) is 0 Å². The third-order valence-electron chi connectivity index (χ3n) is 4.20. The Morgan fingerprint density at radius 1 is 1.25 bits per heavy atom. The maximum Gasteiger partial charge on any atom is 0.163 e. The van der Waals surface area contributed by atoms with Crippen molar-refractivity contribution in [3.63, 3.8) is 0 Å². The van der Waals surface area contributed by atoms with Crippen molar-refractivity contribution in [1.29, 1.82) is 0 Å². The normalized spacial score (nSPS) is 26.4. The molecule has 4 nitrogen and oxygen atoms in total. The molecule has 0 saturated carbocycles. The van der Waals surface area contributed by atoms with E-state index in [0.717, 1.165) is 34.6 Å². The summed E-state index contributed by atoms with van der Waals surface area (Å²) in [5.74, 6) is 1.66. The zero-order chi connectivity index (χ0) is 14.1. The number of nitrogens with one attached hydrogen (secondary N) is 1. The van der Waals surface area contributed by atoms with Gasteiger partial charge in [-0.2, -0.15) is 0 Å². The van der Waals surface area contributed by atoms with E-state index in [1.807, 2.05) is 12.1 Å². The summed E-state index contributed by atoms with van der Waals surface area (Å²) < 4.78 is 12.3. The third-order valence-corrected chi connectivity index (χ3v) is 4.86. The third kappa shape index (κ3) is 2.88. The van der Waals surface area contributed by atoms with Crippen molar-refractivity contribution in [3.05, 3.63) is 16.6 Å². The molecule has 3 rings (SSSR count). The van der Waals surface area contributed by atoms with E-state index in [4.69, 9.17) is 9.47 Å². The molecule has 2 unspecified atom stereocenters. The lowest BCUT2D eigenvalue weighted by Gasteiger charge is -2.36. The van der Waals surface area contributed by atoms with Crippen LogP contribution in [0.15, 0.2) is 16.6 Å². The molecule has 1 N–H and O–H groups in total. The number of likely N-dealkylation sites (tertiary alicyclic amines) is 1. The average molecular weight is 341 g/mol. The summed E-state index contributed by atoms with van der Waals surface area (Å²) in [6.45, 7) is 4.67. The fourth-order valence-corrected chi connectivity index (χ4v) is 3.25. The minimum Gasteiger partial charge on any atom is -0.486 e.